The van der Waals surface area contributed by atoms with Crippen molar-refractivity contribution in [2.45, 2.75) is 19.4 Å². The van der Waals surface area contributed by atoms with Gasteiger partial charge in [0, 0.05) is 12.6 Å². The Kier molecular flexibility index (Phi) is 3.89. The van der Waals surface area contributed by atoms with E-state index in [2.05, 4.69) is 0 Å². The summed E-state index contributed by atoms with van der Waals surface area (Å²) in [5.74, 6) is -6.77. The van der Waals surface area contributed by atoms with Crippen molar-refractivity contribution < 1.29 is 23.1 Å². The molecule has 1 amide bonds. The van der Waals surface area contributed by atoms with Crippen molar-refractivity contribution in [1.82, 2.24) is 4.90 Å². The Labute approximate surface area is 114 Å². The summed E-state index contributed by atoms with van der Waals surface area (Å²) in [4.78, 5) is 13.6. The third-order valence-corrected chi connectivity index (χ3v) is 3.62. The molecule has 0 aromatic heterocycles. The second-order valence-corrected chi connectivity index (χ2v) is 5.03. The van der Waals surface area contributed by atoms with Gasteiger partial charge in [-0.3, -0.25) is 4.79 Å². The molecule has 1 fully saturated rings. The quantitative estimate of drug-likeness (QED) is 0.813. The molecule has 1 aromatic carbocycles. The first-order chi connectivity index (χ1) is 9.36. The predicted molar refractivity (Wildman–Crippen MR) is 65.6 cm³/mol. The molecule has 0 radical (unpaired) electrons. The highest BCUT2D eigenvalue weighted by Gasteiger charge is 2.34. The largest absolute Gasteiger partial charge is 0.503 e. The number of halogens is 3. The Hall–Kier alpha value is -1.76. The average Bonchev–Trinajstić information content (AvgIpc) is 2.81. The Balaban J connectivity index is 2.35. The maximum Gasteiger partial charge on any atom is 0.257 e. The van der Waals surface area contributed by atoms with E-state index >= 15 is 0 Å². The standard InChI is InChI=1S/C13H15F3N2O2/c1-6-2-7(4-17)5-18(6)13(20)8-3-9(14)11(16)12(19)10(8)15/h3,6-7,19H,2,4-5,17H2,1H3. The summed E-state index contributed by atoms with van der Waals surface area (Å²) >= 11 is 0. The van der Waals surface area contributed by atoms with E-state index in [-0.39, 0.29) is 12.0 Å². The van der Waals surface area contributed by atoms with Gasteiger partial charge in [-0.1, -0.05) is 0 Å². The van der Waals surface area contributed by atoms with Crippen LogP contribution in [0.3, 0.4) is 0 Å². The molecule has 2 atom stereocenters. The third kappa shape index (κ3) is 2.33. The van der Waals surface area contributed by atoms with Crippen LogP contribution in [0.25, 0.3) is 0 Å². The first kappa shape index (κ1) is 14.6. The number of hydrogen-bond donors (Lipinski definition) is 2. The molecule has 0 saturated carbocycles. The Morgan fingerprint density at radius 2 is 2.10 bits per heavy atom. The molecule has 1 aliphatic rings. The maximum absolute atomic E-state index is 13.7. The van der Waals surface area contributed by atoms with Gasteiger partial charge in [0.2, 0.25) is 5.82 Å². The van der Waals surface area contributed by atoms with Gasteiger partial charge in [0.05, 0.1) is 5.56 Å². The molecular weight excluding hydrogens is 273 g/mol. The smallest absolute Gasteiger partial charge is 0.257 e. The monoisotopic (exact) mass is 288 g/mol. The molecule has 0 spiro atoms. The van der Waals surface area contributed by atoms with Gasteiger partial charge in [-0.2, -0.15) is 4.39 Å². The SMILES string of the molecule is CC1CC(CN)CN1C(=O)c1cc(F)c(F)c(O)c1F. The van der Waals surface area contributed by atoms with Gasteiger partial charge >= 0.3 is 0 Å². The number of aromatic hydroxyl groups is 1. The number of phenols is 1. The van der Waals surface area contributed by atoms with Crippen LogP contribution >= 0.6 is 0 Å². The van der Waals surface area contributed by atoms with E-state index in [1.54, 1.807) is 6.92 Å². The minimum atomic E-state index is -1.70. The molecular formula is C13H15F3N2O2. The van der Waals surface area contributed by atoms with Gasteiger partial charge in [0.15, 0.2) is 17.4 Å². The van der Waals surface area contributed by atoms with Crippen LogP contribution in [-0.4, -0.2) is 35.0 Å². The van der Waals surface area contributed by atoms with E-state index < -0.39 is 34.7 Å². The second-order valence-electron chi connectivity index (χ2n) is 5.03. The van der Waals surface area contributed by atoms with Crippen molar-refractivity contribution in [3.8, 4) is 5.75 Å². The lowest BCUT2D eigenvalue weighted by Gasteiger charge is -2.22. The summed E-state index contributed by atoms with van der Waals surface area (Å²) in [5.41, 5.74) is 4.86. The van der Waals surface area contributed by atoms with Crippen molar-refractivity contribution in [2.24, 2.45) is 11.7 Å². The van der Waals surface area contributed by atoms with Crippen LogP contribution in [0.5, 0.6) is 5.75 Å². The highest BCUT2D eigenvalue weighted by atomic mass is 19.2. The molecule has 1 saturated heterocycles. The van der Waals surface area contributed by atoms with E-state index in [1.807, 2.05) is 0 Å². The molecule has 2 rings (SSSR count). The fourth-order valence-electron chi connectivity index (χ4n) is 2.50. The zero-order chi connectivity index (χ0) is 15.0. The highest BCUT2D eigenvalue weighted by molar-refractivity contribution is 5.95. The number of carbonyl (C=O) groups is 1. The van der Waals surface area contributed by atoms with E-state index in [0.29, 0.717) is 25.6 Å². The molecule has 20 heavy (non-hydrogen) atoms. The maximum atomic E-state index is 13.7. The van der Waals surface area contributed by atoms with Gasteiger partial charge in [0.1, 0.15) is 0 Å². The van der Waals surface area contributed by atoms with Crippen molar-refractivity contribution in [3.05, 3.63) is 29.1 Å². The Morgan fingerprint density at radius 3 is 2.65 bits per heavy atom. The van der Waals surface area contributed by atoms with Crippen molar-refractivity contribution in [2.75, 3.05) is 13.1 Å². The summed E-state index contributed by atoms with van der Waals surface area (Å²) < 4.78 is 39.9. The number of rotatable bonds is 2. The molecule has 0 bridgehead atoms. The fraction of sp³-hybridized carbons (Fsp3) is 0.462. The zero-order valence-electron chi connectivity index (χ0n) is 10.9. The number of hydrogen-bond acceptors (Lipinski definition) is 3. The van der Waals surface area contributed by atoms with Gasteiger partial charge in [-0.05, 0) is 31.9 Å². The Bertz CT molecular complexity index is 551. The van der Waals surface area contributed by atoms with Crippen molar-refractivity contribution >= 4 is 5.91 Å². The van der Waals surface area contributed by atoms with Crippen molar-refractivity contribution in [1.29, 1.82) is 0 Å². The normalized spacial score (nSPS) is 22.4. The molecule has 4 nitrogen and oxygen atoms in total. The van der Waals surface area contributed by atoms with Gasteiger partial charge in [-0.25, -0.2) is 8.78 Å². The zero-order valence-corrected chi connectivity index (χ0v) is 10.9. The van der Waals surface area contributed by atoms with Crippen LogP contribution in [0.15, 0.2) is 6.07 Å². The molecule has 0 aliphatic carbocycles. The fourth-order valence-corrected chi connectivity index (χ4v) is 2.50. The first-order valence-corrected chi connectivity index (χ1v) is 6.24. The first-order valence-electron chi connectivity index (χ1n) is 6.24. The number of carbonyl (C=O) groups excluding carboxylic acids is 1. The number of amides is 1. The topological polar surface area (TPSA) is 66.6 Å². The van der Waals surface area contributed by atoms with Crippen LogP contribution in [0.2, 0.25) is 0 Å². The lowest BCUT2D eigenvalue weighted by atomic mass is 10.1. The number of nitrogens with two attached hydrogens (primary N) is 1. The van der Waals surface area contributed by atoms with E-state index in [0.717, 1.165) is 0 Å². The molecule has 1 aromatic rings. The van der Waals surface area contributed by atoms with E-state index in [4.69, 9.17) is 10.8 Å². The minimum absolute atomic E-state index is 0.0934. The van der Waals surface area contributed by atoms with Crippen LogP contribution in [0.1, 0.15) is 23.7 Å². The van der Waals surface area contributed by atoms with Gasteiger partial charge in [0.25, 0.3) is 5.91 Å². The minimum Gasteiger partial charge on any atom is -0.503 e. The summed E-state index contributed by atoms with van der Waals surface area (Å²) in [7, 11) is 0. The Morgan fingerprint density at radius 1 is 1.45 bits per heavy atom. The predicted octanol–water partition coefficient (Wildman–Crippen LogP) is 1.62. The van der Waals surface area contributed by atoms with E-state index in [1.165, 1.54) is 4.90 Å². The number of benzene rings is 1. The van der Waals surface area contributed by atoms with E-state index in [9.17, 15) is 18.0 Å². The summed E-state index contributed by atoms with van der Waals surface area (Å²) in [6.45, 7) is 2.49. The summed E-state index contributed by atoms with van der Waals surface area (Å²) in [6.07, 6.45) is 0.666. The lowest BCUT2D eigenvalue weighted by Crippen LogP contribution is -2.35. The second kappa shape index (κ2) is 5.32. The summed E-state index contributed by atoms with van der Waals surface area (Å²) in [5, 5.41) is 9.14. The number of nitrogens with zero attached hydrogens (tertiary/aromatic N) is 1. The molecule has 3 N–H and O–H groups in total. The van der Waals surface area contributed by atoms with Crippen LogP contribution in [0, 0.1) is 23.4 Å². The summed E-state index contributed by atoms with van der Waals surface area (Å²) in [6, 6.07) is 0.292. The van der Waals surface area contributed by atoms with Gasteiger partial charge < -0.3 is 15.7 Å². The third-order valence-electron chi connectivity index (χ3n) is 3.62. The molecule has 2 unspecified atom stereocenters. The number of phenolic OH excluding ortho intramolecular Hbond substituents is 1. The highest BCUT2D eigenvalue weighted by Crippen LogP contribution is 2.29. The average molecular weight is 288 g/mol. The number of likely N-dealkylation sites (tertiary alicyclic amines) is 1. The van der Waals surface area contributed by atoms with Crippen molar-refractivity contribution in [3.63, 3.8) is 0 Å². The van der Waals surface area contributed by atoms with Gasteiger partial charge in [-0.15, -0.1) is 0 Å². The molecule has 110 valence electrons. The lowest BCUT2D eigenvalue weighted by molar-refractivity contribution is 0.0736. The molecule has 1 heterocycles. The van der Waals surface area contributed by atoms with Crippen LogP contribution < -0.4 is 5.73 Å². The van der Waals surface area contributed by atoms with Crippen LogP contribution in [0.4, 0.5) is 13.2 Å². The molecule has 1 aliphatic heterocycles. The molecule has 7 heteroatoms. The van der Waals surface area contributed by atoms with Crippen LogP contribution in [-0.2, 0) is 0 Å².